The molecular weight excluding hydrogens is 131 g/mol. The van der Waals surface area contributed by atoms with E-state index in [0.717, 1.165) is 0 Å². The summed E-state index contributed by atoms with van der Waals surface area (Å²) in [6, 6.07) is 0. The number of rotatable bonds is 1. The van der Waals surface area contributed by atoms with E-state index in [1.165, 1.54) is 0 Å². The first-order valence-corrected chi connectivity index (χ1v) is 2.63. The molecule has 0 aliphatic carbocycles. The largest absolute Gasteiger partial charge is 0.481 e. The van der Waals surface area contributed by atoms with Crippen LogP contribution in [0.5, 0.6) is 0 Å². The third-order valence-electron chi connectivity index (χ3n) is 0.682. The second-order valence-corrected chi connectivity index (χ2v) is 3.13. The molecule has 0 aliphatic rings. The highest BCUT2D eigenvalue weighted by atomic mass is 27.0. The number of hydrogen-bond acceptors (Lipinski definition) is 1. The summed E-state index contributed by atoms with van der Waals surface area (Å²) in [5.41, 5.74) is -0.0775. The number of aliphatic carboxylic acids is 1. The minimum absolute atomic E-state index is 0. The molecule has 0 amide bonds. The van der Waals surface area contributed by atoms with Crippen LogP contribution >= 0.6 is 0 Å². The summed E-state index contributed by atoms with van der Waals surface area (Å²) in [5, 5.41) is 8.25. The maximum Gasteiger partial charge on any atom is 0.303 e. The summed E-state index contributed by atoms with van der Waals surface area (Å²) < 4.78 is 0. The van der Waals surface area contributed by atoms with Gasteiger partial charge in [0.2, 0.25) is 0 Å². The third kappa shape index (κ3) is 11.5. The summed E-state index contributed by atoms with van der Waals surface area (Å²) in [4.78, 5) is 10.0. The van der Waals surface area contributed by atoms with Gasteiger partial charge >= 0.3 is 5.97 Å². The Bertz CT molecular complexity index is 93.7. The van der Waals surface area contributed by atoms with Crippen LogP contribution in [0.15, 0.2) is 0 Å². The first-order chi connectivity index (χ1) is 3.42. The van der Waals surface area contributed by atoms with Crippen LogP contribution in [-0.4, -0.2) is 28.4 Å². The Morgan fingerprint density at radius 1 is 1.44 bits per heavy atom. The van der Waals surface area contributed by atoms with Crippen molar-refractivity contribution in [3.63, 3.8) is 0 Å². The zero-order valence-electron chi connectivity index (χ0n) is 5.56. The highest BCUT2D eigenvalue weighted by Gasteiger charge is 2.13. The molecule has 0 heterocycles. The van der Waals surface area contributed by atoms with Gasteiger partial charge in [-0.05, 0) is 5.41 Å². The second-order valence-electron chi connectivity index (χ2n) is 3.13. The average Bonchev–Trinajstić information content (AvgIpc) is 1.21. The van der Waals surface area contributed by atoms with Crippen LogP contribution in [-0.2, 0) is 4.79 Å². The molecule has 0 rings (SSSR count). The molecule has 0 fully saturated rings. The van der Waals surface area contributed by atoms with Gasteiger partial charge in [0.15, 0.2) is 17.4 Å². The third-order valence-corrected chi connectivity index (χ3v) is 0.682. The van der Waals surface area contributed by atoms with Gasteiger partial charge in [-0.1, -0.05) is 20.8 Å². The van der Waals surface area contributed by atoms with Crippen molar-refractivity contribution < 1.29 is 9.90 Å². The summed E-state index contributed by atoms with van der Waals surface area (Å²) in [7, 11) is 0. The summed E-state index contributed by atoms with van der Waals surface area (Å²) in [5.74, 6) is -0.725. The lowest BCUT2D eigenvalue weighted by Gasteiger charge is -2.13. The Balaban J connectivity index is 0. The molecule has 0 unspecified atom stereocenters. The van der Waals surface area contributed by atoms with E-state index in [4.69, 9.17) is 5.11 Å². The predicted molar refractivity (Wildman–Crippen MR) is 41.6 cm³/mol. The van der Waals surface area contributed by atoms with Crippen molar-refractivity contribution in [2.75, 3.05) is 0 Å². The first-order valence-electron chi connectivity index (χ1n) is 2.63. The lowest BCUT2D eigenvalue weighted by atomic mass is 9.93. The number of carbonyl (C=O) groups is 1. The maximum atomic E-state index is 10.0. The quantitative estimate of drug-likeness (QED) is 0.541. The smallest absolute Gasteiger partial charge is 0.303 e. The van der Waals surface area contributed by atoms with Gasteiger partial charge in [-0.25, -0.2) is 0 Å². The molecule has 9 heavy (non-hydrogen) atoms. The van der Waals surface area contributed by atoms with Crippen molar-refractivity contribution in [3.05, 3.63) is 0 Å². The Morgan fingerprint density at radius 3 is 1.78 bits per heavy atom. The molecule has 1 N–H and O–H groups in total. The standard InChI is InChI=1S/C6H12O2.Al.3H/c1-6(2,3)4-5(7)8;;;;/h4H2,1-3H3,(H,7,8);;;;. The normalized spacial score (nSPS) is 10.1. The van der Waals surface area contributed by atoms with Gasteiger partial charge in [0.1, 0.15) is 0 Å². The summed E-state index contributed by atoms with van der Waals surface area (Å²) in [6.45, 7) is 5.71. The summed E-state index contributed by atoms with van der Waals surface area (Å²) in [6.07, 6.45) is 0.243. The minimum Gasteiger partial charge on any atom is -0.481 e. The fraction of sp³-hybridized carbons (Fsp3) is 0.833. The van der Waals surface area contributed by atoms with Crippen LogP contribution in [0, 0.1) is 5.41 Å². The van der Waals surface area contributed by atoms with Crippen molar-refractivity contribution in [2.24, 2.45) is 5.41 Å². The van der Waals surface area contributed by atoms with Crippen molar-refractivity contribution in [1.29, 1.82) is 0 Å². The molecule has 0 saturated carbocycles. The fourth-order valence-corrected chi connectivity index (χ4v) is 0.454. The Morgan fingerprint density at radius 2 is 1.78 bits per heavy atom. The van der Waals surface area contributed by atoms with Crippen molar-refractivity contribution in [3.8, 4) is 0 Å². The van der Waals surface area contributed by atoms with Gasteiger partial charge in [-0.15, -0.1) is 0 Å². The maximum absolute atomic E-state index is 10.0. The molecule has 0 atom stereocenters. The molecule has 0 bridgehead atoms. The molecular formula is C6H15AlO2. The molecule has 0 radical (unpaired) electrons. The van der Waals surface area contributed by atoms with E-state index >= 15 is 0 Å². The molecule has 0 aromatic heterocycles. The highest BCUT2D eigenvalue weighted by Crippen LogP contribution is 2.17. The molecule has 0 aromatic carbocycles. The molecule has 0 spiro atoms. The molecule has 54 valence electrons. The van der Waals surface area contributed by atoms with Crippen LogP contribution in [0.3, 0.4) is 0 Å². The highest BCUT2D eigenvalue weighted by molar-refractivity contribution is 5.75. The molecule has 2 nitrogen and oxygen atoms in total. The number of carboxylic acid groups (broad SMARTS) is 1. The fourth-order valence-electron chi connectivity index (χ4n) is 0.454. The number of carboxylic acids is 1. The predicted octanol–water partition coefficient (Wildman–Crippen LogP) is 0.323. The molecule has 3 heteroatoms. The average molecular weight is 146 g/mol. The van der Waals surface area contributed by atoms with Gasteiger partial charge in [0.25, 0.3) is 0 Å². The zero-order chi connectivity index (χ0) is 6.78. The Kier molecular flexibility index (Phi) is 5.12. The number of hydrogen-bond donors (Lipinski definition) is 1. The van der Waals surface area contributed by atoms with Gasteiger partial charge in [0, 0.05) is 0 Å². The van der Waals surface area contributed by atoms with E-state index in [2.05, 4.69) is 0 Å². The first kappa shape index (κ1) is 11.8. The van der Waals surface area contributed by atoms with Gasteiger partial charge in [-0.2, -0.15) is 0 Å². The summed E-state index contributed by atoms with van der Waals surface area (Å²) >= 11 is 0. The monoisotopic (exact) mass is 146 g/mol. The van der Waals surface area contributed by atoms with Crippen LogP contribution in [0.4, 0.5) is 0 Å². The van der Waals surface area contributed by atoms with Crippen LogP contribution in [0.2, 0.25) is 0 Å². The molecule has 0 saturated heterocycles. The van der Waals surface area contributed by atoms with Gasteiger partial charge in [-0.3, -0.25) is 4.79 Å². The van der Waals surface area contributed by atoms with E-state index in [-0.39, 0.29) is 29.2 Å². The van der Waals surface area contributed by atoms with Crippen LogP contribution in [0.1, 0.15) is 27.2 Å². The van der Waals surface area contributed by atoms with Crippen LogP contribution in [0.25, 0.3) is 0 Å². The zero-order valence-corrected chi connectivity index (χ0v) is 5.56. The van der Waals surface area contributed by atoms with E-state index < -0.39 is 5.97 Å². The lowest BCUT2D eigenvalue weighted by Crippen LogP contribution is -2.11. The van der Waals surface area contributed by atoms with Gasteiger partial charge in [0.05, 0.1) is 6.42 Å². The van der Waals surface area contributed by atoms with Gasteiger partial charge < -0.3 is 5.11 Å². The topological polar surface area (TPSA) is 37.3 Å². The van der Waals surface area contributed by atoms with Crippen molar-refractivity contribution >= 4 is 23.3 Å². The Hall–Kier alpha value is 0.00247. The second kappa shape index (κ2) is 3.92. The lowest BCUT2D eigenvalue weighted by molar-refractivity contribution is -0.139. The Labute approximate surface area is 66.4 Å². The molecule has 0 aliphatic heterocycles. The SMILES string of the molecule is CC(C)(C)CC(=O)O.[AlH3]. The van der Waals surface area contributed by atoms with E-state index in [0.29, 0.717) is 0 Å². The van der Waals surface area contributed by atoms with E-state index in [1.807, 2.05) is 20.8 Å². The van der Waals surface area contributed by atoms with Crippen LogP contribution < -0.4 is 0 Å². The van der Waals surface area contributed by atoms with E-state index in [1.54, 1.807) is 0 Å². The van der Waals surface area contributed by atoms with Crippen molar-refractivity contribution in [2.45, 2.75) is 27.2 Å². The van der Waals surface area contributed by atoms with Crippen molar-refractivity contribution in [1.82, 2.24) is 0 Å². The molecule has 0 aromatic rings. The minimum atomic E-state index is -0.725. The van der Waals surface area contributed by atoms with E-state index in [9.17, 15) is 4.79 Å².